The van der Waals surface area contributed by atoms with Gasteiger partial charge in [-0.25, -0.2) is 8.42 Å². The van der Waals surface area contributed by atoms with Crippen molar-refractivity contribution < 1.29 is 13.5 Å². The Morgan fingerprint density at radius 2 is 2.10 bits per heavy atom. The van der Waals surface area contributed by atoms with E-state index in [1.807, 2.05) is 0 Å². The van der Waals surface area contributed by atoms with Gasteiger partial charge in [0, 0.05) is 28.6 Å². The minimum atomic E-state index is -3.48. The van der Waals surface area contributed by atoms with Crippen LogP contribution in [0.5, 0.6) is 0 Å². The summed E-state index contributed by atoms with van der Waals surface area (Å²) in [4.78, 5) is 0.297. The third kappa shape index (κ3) is 3.62. The van der Waals surface area contributed by atoms with E-state index < -0.39 is 10.0 Å². The van der Waals surface area contributed by atoms with Crippen molar-refractivity contribution in [2.75, 3.05) is 19.7 Å². The molecule has 0 spiro atoms. The van der Waals surface area contributed by atoms with E-state index in [0.717, 1.165) is 17.3 Å². The molecule has 20 heavy (non-hydrogen) atoms. The Bertz CT molecular complexity index is 575. The molecule has 0 aromatic heterocycles. The molecule has 1 atom stereocenters. The highest BCUT2D eigenvalue weighted by Crippen LogP contribution is 2.31. The molecule has 112 valence electrons. The molecule has 1 aliphatic heterocycles. The SMILES string of the molecule is O=S(=O)(c1ccc(Br)cc1Br)N1CCCC(CCO)C1. The zero-order chi connectivity index (χ0) is 14.8. The zero-order valence-corrected chi connectivity index (χ0v) is 14.9. The van der Waals surface area contributed by atoms with Gasteiger partial charge in [0.05, 0.1) is 4.90 Å². The average Bonchev–Trinajstić information content (AvgIpc) is 2.39. The summed E-state index contributed by atoms with van der Waals surface area (Å²) in [5.41, 5.74) is 0. The maximum atomic E-state index is 12.7. The molecule has 1 fully saturated rings. The van der Waals surface area contributed by atoms with Crippen LogP contribution < -0.4 is 0 Å². The number of rotatable bonds is 4. The van der Waals surface area contributed by atoms with Gasteiger partial charge in [-0.3, -0.25) is 0 Å². The summed E-state index contributed by atoms with van der Waals surface area (Å²) >= 11 is 6.64. The van der Waals surface area contributed by atoms with Crippen LogP contribution in [0.25, 0.3) is 0 Å². The van der Waals surface area contributed by atoms with Crippen LogP contribution in [0.4, 0.5) is 0 Å². The summed E-state index contributed by atoms with van der Waals surface area (Å²) in [5, 5.41) is 9.02. The van der Waals surface area contributed by atoms with E-state index in [0.29, 0.717) is 28.9 Å². The number of piperidine rings is 1. The topological polar surface area (TPSA) is 57.6 Å². The van der Waals surface area contributed by atoms with Gasteiger partial charge in [0.1, 0.15) is 0 Å². The minimum Gasteiger partial charge on any atom is -0.396 e. The van der Waals surface area contributed by atoms with Gasteiger partial charge >= 0.3 is 0 Å². The molecule has 2 rings (SSSR count). The maximum absolute atomic E-state index is 12.7. The highest BCUT2D eigenvalue weighted by molar-refractivity contribution is 9.11. The molecule has 0 aliphatic carbocycles. The third-order valence-electron chi connectivity index (χ3n) is 3.53. The van der Waals surface area contributed by atoms with E-state index in [1.165, 1.54) is 4.31 Å². The number of halogens is 2. The maximum Gasteiger partial charge on any atom is 0.244 e. The second kappa shape index (κ2) is 6.87. The third-order valence-corrected chi connectivity index (χ3v) is 6.87. The fourth-order valence-corrected chi connectivity index (χ4v) is 5.75. The molecule has 1 aliphatic rings. The fourth-order valence-electron chi connectivity index (χ4n) is 2.49. The smallest absolute Gasteiger partial charge is 0.244 e. The van der Waals surface area contributed by atoms with Crippen LogP contribution in [0.2, 0.25) is 0 Å². The number of aliphatic hydroxyl groups excluding tert-OH is 1. The van der Waals surface area contributed by atoms with E-state index in [4.69, 9.17) is 5.11 Å². The molecule has 1 heterocycles. The fraction of sp³-hybridized carbons (Fsp3) is 0.538. The van der Waals surface area contributed by atoms with E-state index in [-0.39, 0.29) is 12.5 Å². The zero-order valence-electron chi connectivity index (χ0n) is 10.9. The van der Waals surface area contributed by atoms with Crippen LogP contribution in [-0.4, -0.2) is 37.5 Å². The second-order valence-electron chi connectivity index (χ2n) is 4.96. The molecular weight excluding hydrogens is 410 g/mol. The number of benzene rings is 1. The van der Waals surface area contributed by atoms with Crippen LogP contribution in [-0.2, 0) is 10.0 Å². The number of hydrogen-bond acceptors (Lipinski definition) is 3. The first kappa shape index (κ1) is 16.4. The van der Waals surface area contributed by atoms with E-state index in [9.17, 15) is 8.42 Å². The first-order valence-electron chi connectivity index (χ1n) is 6.51. The van der Waals surface area contributed by atoms with Crippen LogP contribution in [0.1, 0.15) is 19.3 Å². The Morgan fingerprint density at radius 1 is 1.35 bits per heavy atom. The lowest BCUT2D eigenvalue weighted by molar-refractivity contribution is 0.203. The minimum absolute atomic E-state index is 0.112. The normalized spacial score (nSPS) is 21.1. The average molecular weight is 427 g/mol. The van der Waals surface area contributed by atoms with Crippen molar-refractivity contribution in [2.45, 2.75) is 24.2 Å². The van der Waals surface area contributed by atoms with E-state index >= 15 is 0 Å². The molecule has 1 N–H and O–H groups in total. The van der Waals surface area contributed by atoms with Gasteiger partial charge in [0.2, 0.25) is 10.0 Å². The summed E-state index contributed by atoms with van der Waals surface area (Å²) in [6, 6.07) is 5.08. The van der Waals surface area contributed by atoms with Crippen molar-refractivity contribution >= 4 is 41.9 Å². The van der Waals surface area contributed by atoms with Gasteiger partial charge in [0.25, 0.3) is 0 Å². The Labute approximate surface area is 136 Å². The van der Waals surface area contributed by atoms with Crippen molar-refractivity contribution in [2.24, 2.45) is 5.92 Å². The van der Waals surface area contributed by atoms with Gasteiger partial charge in [0.15, 0.2) is 0 Å². The molecular formula is C13H17Br2NO3S. The van der Waals surface area contributed by atoms with Crippen LogP contribution in [0.3, 0.4) is 0 Å². The monoisotopic (exact) mass is 425 g/mol. The molecule has 7 heteroatoms. The molecule has 1 aromatic carbocycles. The predicted octanol–water partition coefficient (Wildman–Crippen LogP) is 2.99. The molecule has 0 bridgehead atoms. The van der Waals surface area contributed by atoms with Crippen molar-refractivity contribution in [3.05, 3.63) is 27.1 Å². The molecule has 4 nitrogen and oxygen atoms in total. The molecule has 1 saturated heterocycles. The van der Waals surface area contributed by atoms with Crippen LogP contribution >= 0.6 is 31.9 Å². The summed E-state index contributed by atoms with van der Waals surface area (Å²) in [7, 11) is -3.48. The molecule has 1 unspecified atom stereocenters. The number of sulfonamides is 1. The summed E-state index contributed by atoms with van der Waals surface area (Å²) in [5.74, 6) is 0.248. The standard InChI is InChI=1S/C13H17Br2NO3S/c14-11-3-4-13(12(15)8-11)20(18,19)16-6-1-2-10(9-16)5-7-17/h3-4,8,10,17H,1-2,5-7,9H2. The Hall–Kier alpha value is 0.0500. The Morgan fingerprint density at radius 3 is 2.75 bits per heavy atom. The lowest BCUT2D eigenvalue weighted by Crippen LogP contribution is -2.40. The lowest BCUT2D eigenvalue weighted by Gasteiger charge is -2.31. The summed E-state index contributed by atoms with van der Waals surface area (Å²) in [6.07, 6.45) is 2.49. The van der Waals surface area contributed by atoms with Crippen molar-refractivity contribution in [1.82, 2.24) is 4.31 Å². The van der Waals surface area contributed by atoms with Gasteiger partial charge in [-0.1, -0.05) is 15.9 Å². The predicted molar refractivity (Wildman–Crippen MR) is 85.0 cm³/mol. The Kier molecular flexibility index (Phi) is 5.64. The molecule has 0 amide bonds. The number of nitrogens with zero attached hydrogens (tertiary/aromatic N) is 1. The molecule has 0 radical (unpaired) electrons. The molecule has 0 saturated carbocycles. The van der Waals surface area contributed by atoms with Crippen LogP contribution in [0, 0.1) is 5.92 Å². The quantitative estimate of drug-likeness (QED) is 0.804. The van der Waals surface area contributed by atoms with E-state index in [2.05, 4.69) is 31.9 Å². The van der Waals surface area contributed by atoms with Gasteiger partial charge in [-0.15, -0.1) is 0 Å². The Balaban J connectivity index is 2.25. The lowest BCUT2D eigenvalue weighted by atomic mass is 9.97. The first-order valence-corrected chi connectivity index (χ1v) is 9.54. The highest BCUT2D eigenvalue weighted by Gasteiger charge is 2.31. The number of hydrogen-bond donors (Lipinski definition) is 1. The second-order valence-corrected chi connectivity index (χ2v) is 8.63. The first-order chi connectivity index (χ1) is 9.45. The summed E-state index contributed by atoms with van der Waals surface area (Å²) in [6.45, 7) is 1.15. The van der Waals surface area contributed by atoms with Gasteiger partial charge in [-0.2, -0.15) is 4.31 Å². The summed E-state index contributed by atoms with van der Waals surface area (Å²) < 4.78 is 28.3. The van der Waals surface area contributed by atoms with Gasteiger partial charge in [-0.05, 0) is 59.3 Å². The largest absolute Gasteiger partial charge is 0.396 e. The van der Waals surface area contributed by atoms with Crippen molar-refractivity contribution in [1.29, 1.82) is 0 Å². The highest BCUT2D eigenvalue weighted by atomic mass is 79.9. The van der Waals surface area contributed by atoms with Crippen molar-refractivity contribution in [3.63, 3.8) is 0 Å². The van der Waals surface area contributed by atoms with E-state index in [1.54, 1.807) is 18.2 Å². The van der Waals surface area contributed by atoms with Gasteiger partial charge < -0.3 is 5.11 Å². The molecule has 1 aromatic rings. The van der Waals surface area contributed by atoms with Crippen molar-refractivity contribution in [3.8, 4) is 0 Å². The van der Waals surface area contributed by atoms with Crippen LogP contribution in [0.15, 0.2) is 32.0 Å². The number of aliphatic hydroxyl groups is 1.